The minimum absolute atomic E-state index is 0.420. The van der Waals surface area contributed by atoms with Gasteiger partial charge in [0, 0.05) is 19.1 Å². The van der Waals surface area contributed by atoms with Gasteiger partial charge in [-0.05, 0) is 54.3 Å². The van der Waals surface area contributed by atoms with Gasteiger partial charge in [0.2, 0.25) is 0 Å². The summed E-state index contributed by atoms with van der Waals surface area (Å²) in [6.45, 7) is 4.49. The van der Waals surface area contributed by atoms with Gasteiger partial charge in [-0.15, -0.1) is 0 Å². The van der Waals surface area contributed by atoms with Crippen molar-refractivity contribution >= 4 is 10.8 Å². The Morgan fingerprint density at radius 2 is 1.84 bits per heavy atom. The van der Waals surface area contributed by atoms with E-state index < -0.39 is 0 Å². The van der Waals surface area contributed by atoms with Crippen LogP contribution in [-0.4, -0.2) is 39.9 Å². The van der Waals surface area contributed by atoms with Crippen LogP contribution in [0.25, 0.3) is 10.8 Å². The van der Waals surface area contributed by atoms with E-state index in [0.29, 0.717) is 12.1 Å². The molecule has 1 unspecified atom stereocenters. The molecule has 1 aliphatic heterocycles. The second-order valence-corrected chi connectivity index (χ2v) is 6.79. The first-order valence-electron chi connectivity index (χ1n) is 8.90. The third-order valence-corrected chi connectivity index (χ3v) is 5.41. The summed E-state index contributed by atoms with van der Waals surface area (Å²) in [5.41, 5.74) is 1.37. The van der Waals surface area contributed by atoms with Crippen molar-refractivity contribution in [1.82, 2.24) is 19.7 Å². The molecule has 25 heavy (non-hydrogen) atoms. The van der Waals surface area contributed by atoms with E-state index in [1.165, 1.54) is 16.3 Å². The van der Waals surface area contributed by atoms with Crippen LogP contribution in [0.5, 0.6) is 5.75 Å². The number of aromatic nitrogens is 3. The van der Waals surface area contributed by atoms with Gasteiger partial charge >= 0.3 is 0 Å². The third kappa shape index (κ3) is 3.24. The van der Waals surface area contributed by atoms with Gasteiger partial charge in [-0.25, -0.2) is 9.67 Å². The third-order valence-electron chi connectivity index (χ3n) is 5.41. The molecule has 2 heterocycles. The lowest BCUT2D eigenvalue weighted by Crippen LogP contribution is -2.36. The first-order chi connectivity index (χ1) is 12.2. The fraction of sp³-hybridized carbons (Fsp3) is 0.400. The molecule has 5 heteroatoms. The summed E-state index contributed by atoms with van der Waals surface area (Å²) < 4.78 is 7.32. The standard InChI is InChI=1S/C20H24N4O/c1-15(23-9-7-19(8-10-23)24-14-21-13-22-24)16-3-4-18-12-20(25-2)6-5-17(18)11-16/h3-6,11-15,19H,7-10H2,1-2H3. The SMILES string of the molecule is COc1ccc2cc(C(C)N3CCC(n4cncn4)CC3)ccc2c1. The maximum absolute atomic E-state index is 5.32. The zero-order chi connectivity index (χ0) is 17.2. The minimum atomic E-state index is 0.420. The maximum atomic E-state index is 5.32. The van der Waals surface area contributed by atoms with Crippen molar-refractivity contribution in [2.75, 3.05) is 20.2 Å². The van der Waals surface area contributed by atoms with E-state index in [4.69, 9.17) is 4.74 Å². The number of nitrogens with zero attached hydrogens (tertiary/aromatic N) is 4. The number of benzene rings is 2. The first-order valence-corrected chi connectivity index (χ1v) is 8.90. The van der Waals surface area contributed by atoms with Crippen molar-refractivity contribution in [1.29, 1.82) is 0 Å². The highest BCUT2D eigenvalue weighted by Gasteiger charge is 2.24. The van der Waals surface area contributed by atoms with Gasteiger partial charge in [-0.1, -0.05) is 18.2 Å². The van der Waals surface area contributed by atoms with Gasteiger partial charge in [0.05, 0.1) is 13.2 Å². The summed E-state index contributed by atoms with van der Waals surface area (Å²) in [6, 6.07) is 13.9. The molecule has 1 aliphatic rings. The lowest BCUT2D eigenvalue weighted by molar-refractivity contribution is 0.139. The number of likely N-dealkylation sites (tertiary alicyclic amines) is 1. The minimum Gasteiger partial charge on any atom is -0.497 e. The van der Waals surface area contributed by atoms with E-state index in [9.17, 15) is 0 Å². The number of hydrogen-bond donors (Lipinski definition) is 0. The largest absolute Gasteiger partial charge is 0.497 e. The molecule has 4 rings (SSSR count). The molecule has 0 spiro atoms. The molecule has 0 aliphatic carbocycles. The van der Waals surface area contributed by atoms with Crippen molar-refractivity contribution < 1.29 is 4.74 Å². The molecule has 2 aromatic carbocycles. The van der Waals surface area contributed by atoms with Gasteiger partial charge in [0.15, 0.2) is 0 Å². The summed E-state index contributed by atoms with van der Waals surface area (Å²) in [5, 5.41) is 6.78. The molecule has 0 radical (unpaired) electrons. The molecule has 0 amide bonds. The fourth-order valence-electron chi connectivity index (χ4n) is 3.78. The van der Waals surface area contributed by atoms with E-state index in [1.807, 2.05) is 17.1 Å². The fourth-order valence-corrected chi connectivity index (χ4v) is 3.78. The van der Waals surface area contributed by atoms with Crippen molar-refractivity contribution in [3.8, 4) is 5.75 Å². The topological polar surface area (TPSA) is 43.2 Å². The van der Waals surface area contributed by atoms with Crippen LogP contribution >= 0.6 is 0 Å². The van der Waals surface area contributed by atoms with E-state index in [1.54, 1.807) is 13.4 Å². The van der Waals surface area contributed by atoms with Gasteiger partial charge in [-0.3, -0.25) is 4.90 Å². The molecule has 1 fully saturated rings. The Balaban J connectivity index is 1.47. The molecular formula is C20H24N4O. The van der Waals surface area contributed by atoms with Crippen LogP contribution in [0.3, 0.4) is 0 Å². The molecule has 130 valence electrons. The second kappa shape index (κ2) is 6.84. The van der Waals surface area contributed by atoms with E-state index in [0.717, 1.165) is 31.7 Å². The highest BCUT2D eigenvalue weighted by molar-refractivity contribution is 5.84. The summed E-state index contributed by atoms with van der Waals surface area (Å²) in [6.07, 6.45) is 5.71. The molecular weight excluding hydrogens is 312 g/mol. The van der Waals surface area contributed by atoms with Gasteiger partial charge in [-0.2, -0.15) is 5.10 Å². The predicted octanol–water partition coefficient (Wildman–Crippen LogP) is 3.84. The second-order valence-electron chi connectivity index (χ2n) is 6.79. The zero-order valence-electron chi connectivity index (χ0n) is 14.8. The summed E-state index contributed by atoms with van der Waals surface area (Å²) in [7, 11) is 1.71. The monoisotopic (exact) mass is 336 g/mol. The summed E-state index contributed by atoms with van der Waals surface area (Å²) >= 11 is 0. The number of piperidine rings is 1. The van der Waals surface area contributed by atoms with Gasteiger partial charge in [0.25, 0.3) is 0 Å². The number of hydrogen-bond acceptors (Lipinski definition) is 4. The van der Waals surface area contributed by atoms with Crippen LogP contribution in [0, 0.1) is 0 Å². The number of rotatable bonds is 4. The Hall–Kier alpha value is -2.40. The molecule has 3 aromatic rings. The van der Waals surface area contributed by atoms with Crippen LogP contribution in [0.15, 0.2) is 49.1 Å². The Morgan fingerprint density at radius 1 is 1.08 bits per heavy atom. The predicted molar refractivity (Wildman–Crippen MR) is 98.8 cm³/mol. The van der Waals surface area contributed by atoms with Crippen LogP contribution in [0.2, 0.25) is 0 Å². The molecule has 1 saturated heterocycles. The van der Waals surface area contributed by atoms with Crippen molar-refractivity contribution in [2.24, 2.45) is 0 Å². The van der Waals surface area contributed by atoms with Crippen molar-refractivity contribution in [3.63, 3.8) is 0 Å². The number of fused-ring (bicyclic) bond motifs is 1. The smallest absolute Gasteiger partial charge is 0.137 e. The molecule has 0 N–H and O–H groups in total. The lowest BCUT2D eigenvalue weighted by Gasteiger charge is -2.36. The Kier molecular flexibility index (Phi) is 4.40. The average molecular weight is 336 g/mol. The molecule has 1 atom stereocenters. The molecule has 0 bridgehead atoms. The number of ether oxygens (including phenoxy) is 1. The lowest BCUT2D eigenvalue weighted by atomic mass is 9.98. The summed E-state index contributed by atoms with van der Waals surface area (Å²) in [4.78, 5) is 6.64. The Bertz CT molecular complexity index is 838. The number of methoxy groups -OCH3 is 1. The van der Waals surface area contributed by atoms with Crippen molar-refractivity contribution in [3.05, 3.63) is 54.6 Å². The summed E-state index contributed by atoms with van der Waals surface area (Å²) in [5.74, 6) is 0.906. The Labute approximate surface area is 148 Å². The average Bonchev–Trinajstić information content (AvgIpc) is 3.21. The van der Waals surface area contributed by atoms with Crippen LogP contribution < -0.4 is 4.74 Å². The van der Waals surface area contributed by atoms with Crippen LogP contribution in [0.1, 0.15) is 37.4 Å². The maximum Gasteiger partial charge on any atom is 0.137 e. The first kappa shape index (κ1) is 16.1. The van der Waals surface area contributed by atoms with E-state index in [2.05, 4.69) is 52.2 Å². The zero-order valence-corrected chi connectivity index (χ0v) is 14.8. The quantitative estimate of drug-likeness (QED) is 0.726. The van der Waals surface area contributed by atoms with Crippen LogP contribution in [-0.2, 0) is 0 Å². The molecule has 0 saturated carbocycles. The van der Waals surface area contributed by atoms with Crippen molar-refractivity contribution in [2.45, 2.75) is 31.8 Å². The molecule has 5 nitrogen and oxygen atoms in total. The van der Waals surface area contributed by atoms with E-state index >= 15 is 0 Å². The van der Waals surface area contributed by atoms with Gasteiger partial charge < -0.3 is 4.74 Å². The highest BCUT2D eigenvalue weighted by Crippen LogP contribution is 2.30. The highest BCUT2D eigenvalue weighted by atomic mass is 16.5. The van der Waals surface area contributed by atoms with E-state index in [-0.39, 0.29) is 0 Å². The molecule has 1 aromatic heterocycles. The normalized spacial score (nSPS) is 17.7. The van der Waals surface area contributed by atoms with Crippen LogP contribution in [0.4, 0.5) is 0 Å². The Morgan fingerprint density at radius 3 is 2.56 bits per heavy atom. The van der Waals surface area contributed by atoms with Gasteiger partial charge in [0.1, 0.15) is 18.4 Å².